The molecule has 1 saturated heterocycles. The minimum atomic E-state index is -0.652. The highest BCUT2D eigenvalue weighted by atomic mass is 16.2. The lowest BCUT2D eigenvalue weighted by molar-refractivity contribution is -0.129. The summed E-state index contributed by atoms with van der Waals surface area (Å²) < 4.78 is 0. The molecule has 190 valence electrons. The van der Waals surface area contributed by atoms with Crippen LogP contribution in [0.2, 0.25) is 0 Å². The minimum absolute atomic E-state index is 0.0876. The first-order chi connectivity index (χ1) is 17.5. The molecule has 0 radical (unpaired) electrons. The van der Waals surface area contributed by atoms with Crippen LogP contribution in [0.3, 0.4) is 0 Å². The van der Waals surface area contributed by atoms with Gasteiger partial charge in [0.05, 0.1) is 6.54 Å². The van der Waals surface area contributed by atoms with Crippen LogP contribution in [-0.4, -0.2) is 84.8 Å². The fourth-order valence-electron chi connectivity index (χ4n) is 5.39. The zero-order valence-corrected chi connectivity index (χ0v) is 20.9. The summed E-state index contributed by atoms with van der Waals surface area (Å²) in [7, 11) is 2.16. The zero-order valence-electron chi connectivity index (χ0n) is 20.9. The summed E-state index contributed by atoms with van der Waals surface area (Å²) in [6, 6.07) is 17.7. The van der Waals surface area contributed by atoms with Crippen molar-refractivity contribution < 1.29 is 14.4 Å². The van der Waals surface area contributed by atoms with Gasteiger partial charge in [-0.3, -0.25) is 19.3 Å². The van der Waals surface area contributed by atoms with E-state index >= 15 is 0 Å². The van der Waals surface area contributed by atoms with Crippen LogP contribution >= 0.6 is 0 Å². The van der Waals surface area contributed by atoms with Gasteiger partial charge < -0.3 is 20.4 Å². The first-order valence-corrected chi connectivity index (χ1v) is 13.0. The molecule has 2 aromatic rings. The maximum absolute atomic E-state index is 13.0. The van der Waals surface area contributed by atoms with Crippen LogP contribution in [-0.2, 0) is 9.59 Å². The Morgan fingerprint density at radius 2 is 1.72 bits per heavy atom. The lowest BCUT2D eigenvalue weighted by Gasteiger charge is -2.40. The van der Waals surface area contributed by atoms with Gasteiger partial charge in [-0.05, 0) is 43.5 Å². The molecule has 2 heterocycles. The molecule has 36 heavy (non-hydrogen) atoms. The van der Waals surface area contributed by atoms with Gasteiger partial charge in [-0.15, -0.1) is 0 Å². The van der Waals surface area contributed by atoms with Gasteiger partial charge >= 0.3 is 0 Å². The Bertz CT molecular complexity index is 1100. The largest absolute Gasteiger partial charge is 0.355 e. The van der Waals surface area contributed by atoms with Crippen LogP contribution in [0, 0.1) is 0 Å². The molecule has 0 spiro atoms. The molecule has 3 amide bonds. The van der Waals surface area contributed by atoms with Crippen molar-refractivity contribution in [3.05, 3.63) is 71.3 Å². The summed E-state index contributed by atoms with van der Waals surface area (Å²) >= 11 is 0. The molecule has 2 atom stereocenters. The number of benzene rings is 2. The minimum Gasteiger partial charge on any atom is -0.355 e. The number of fused-ring (bicyclic) bond motifs is 1. The highest BCUT2D eigenvalue weighted by Crippen LogP contribution is 2.41. The van der Waals surface area contributed by atoms with Crippen LogP contribution < -0.4 is 10.6 Å². The summed E-state index contributed by atoms with van der Waals surface area (Å²) in [5, 5.41) is 5.70. The number of likely N-dealkylation sites (N-methyl/N-ethyl adjacent to an activating group) is 1. The van der Waals surface area contributed by atoms with Crippen molar-refractivity contribution in [2.24, 2.45) is 0 Å². The predicted molar refractivity (Wildman–Crippen MR) is 137 cm³/mol. The number of nitrogens with one attached hydrogen (secondary N) is 2. The van der Waals surface area contributed by atoms with Gasteiger partial charge in [0.2, 0.25) is 11.8 Å². The van der Waals surface area contributed by atoms with Crippen LogP contribution in [0.1, 0.15) is 52.8 Å². The van der Waals surface area contributed by atoms with Crippen molar-refractivity contribution in [2.45, 2.75) is 37.4 Å². The average Bonchev–Trinajstić information content (AvgIpc) is 3.70. The van der Waals surface area contributed by atoms with E-state index in [9.17, 15) is 14.4 Å². The van der Waals surface area contributed by atoms with Gasteiger partial charge in [-0.25, -0.2) is 0 Å². The quantitative estimate of drug-likeness (QED) is 0.526. The van der Waals surface area contributed by atoms with E-state index in [4.69, 9.17) is 0 Å². The Kier molecular flexibility index (Phi) is 7.34. The van der Waals surface area contributed by atoms with Crippen molar-refractivity contribution in [2.75, 3.05) is 46.3 Å². The van der Waals surface area contributed by atoms with Gasteiger partial charge in [0.1, 0.15) is 6.04 Å². The number of hydrogen-bond acceptors (Lipinski definition) is 5. The van der Waals surface area contributed by atoms with E-state index in [-0.39, 0.29) is 30.3 Å². The molecule has 8 heteroatoms. The Balaban J connectivity index is 1.08. The Labute approximate surface area is 212 Å². The molecule has 2 fully saturated rings. The molecule has 0 bridgehead atoms. The molecule has 2 aromatic carbocycles. The zero-order chi connectivity index (χ0) is 25.1. The molecule has 3 aliphatic rings. The summed E-state index contributed by atoms with van der Waals surface area (Å²) in [6.07, 6.45) is 2.68. The molecular weight excluding hydrogens is 454 g/mol. The van der Waals surface area contributed by atoms with Gasteiger partial charge in [0, 0.05) is 50.4 Å². The van der Waals surface area contributed by atoms with E-state index in [2.05, 4.69) is 51.7 Å². The van der Waals surface area contributed by atoms with Crippen LogP contribution in [0.4, 0.5) is 0 Å². The molecule has 0 aromatic heterocycles. The van der Waals surface area contributed by atoms with Gasteiger partial charge in [-0.2, -0.15) is 0 Å². The summed E-state index contributed by atoms with van der Waals surface area (Å²) in [5.41, 5.74) is 2.64. The SMILES string of the molecule is CN1CCN(CCCNC(=O)CNC(=O)C2c3ccccc3C(=O)N2C2CC2)C(c2ccccc2)C1. The Morgan fingerprint density at radius 3 is 2.50 bits per heavy atom. The monoisotopic (exact) mass is 489 g/mol. The van der Waals surface area contributed by atoms with Crippen LogP contribution in [0.15, 0.2) is 54.6 Å². The Hall–Kier alpha value is -3.23. The normalized spacial score (nSPS) is 22.4. The number of carbonyl (C=O) groups excluding carboxylic acids is 3. The van der Waals surface area contributed by atoms with Crippen molar-refractivity contribution in [1.29, 1.82) is 0 Å². The number of rotatable bonds is 9. The lowest BCUT2D eigenvalue weighted by atomic mass is 10.0. The number of nitrogens with zero attached hydrogens (tertiary/aromatic N) is 3. The first kappa shape index (κ1) is 24.5. The topological polar surface area (TPSA) is 85.0 Å². The molecule has 2 unspecified atom stereocenters. The van der Waals surface area contributed by atoms with Crippen molar-refractivity contribution in [3.8, 4) is 0 Å². The number of carbonyl (C=O) groups is 3. The number of piperazine rings is 1. The Morgan fingerprint density at radius 1 is 0.972 bits per heavy atom. The molecular formula is C28H35N5O3. The van der Waals surface area contributed by atoms with Gasteiger partial charge in [0.15, 0.2) is 0 Å². The van der Waals surface area contributed by atoms with E-state index in [1.54, 1.807) is 11.0 Å². The van der Waals surface area contributed by atoms with Crippen molar-refractivity contribution in [1.82, 2.24) is 25.3 Å². The fraction of sp³-hybridized carbons (Fsp3) is 0.464. The molecule has 1 aliphatic carbocycles. The van der Waals surface area contributed by atoms with Crippen LogP contribution in [0.5, 0.6) is 0 Å². The molecule has 2 N–H and O–H groups in total. The van der Waals surface area contributed by atoms with Crippen molar-refractivity contribution in [3.63, 3.8) is 0 Å². The third-order valence-electron chi connectivity index (χ3n) is 7.43. The lowest BCUT2D eigenvalue weighted by Crippen LogP contribution is -2.47. The molecule has 8 nitrogen and oxygen atoms in total. The van der Waals surface area contributed by atoms with E-state index in [0.29, 0.717) is 18.2 Å². The van der Waals surface area contributed by atoms with Crippen LogP contribution in [0.25, 0.3) is 0 Å². The second kappa shape index (κ2) is 10.8. The van der Waals surface area contributed by atoms with E-state index < -0.39 is 6.04 Å². The fourth-order valence-corrected chi connectivity index (χ4v) is 5.39. The maximum atomic E-state index is 13.0. The summed E-state index contributed by atoms with van der Waals surface area (Å²) in [5.74, 6) is -0.592. The molecule has 5 rings (SSSR count). The molecule has 1 saturated carbocycles. The predicted octanol–water partition coefficient (Wildman–Crippen LogP) is 1.96. The van der Waals surface area contributed by atoms with E-state index in [1.807, 2.05) is 24.3 Å². The highest BCUT2D eigenvalue weighted by molar-refractivity contribution is 6.05. The highest BCUT2D eigenvalue weighted by Gasteiger charge is 2.47. The van der Waals surface area contributed by atoms with E-state index in [1.165, 1.54) is 5.56 Å². The summed E-state index contributed by atoms with van der Waals surface area (Å²) in [4.78, 5) is 44.9. The van der Waals surface area contributed by atoms with E-state index in [0.717, 1.165) is 51.0 Å². The standard InChI is InChI=1S/C28H35N5O3/c1-31-16-17-32(24(19-31)20-8-3-2-4-9-20)15-7-14-29-25(34)18-30-27(35)26-22-10-5-6-11-23(22)28(36)33(26)21-12-13-21/h2-6,8-11,21,24,26H,7,12-19H2,1H3,(H,29,34)(H,30,35). The third-order valence-corrected chi connectivity index (χ3v) is 7.43. The third kappa shape index (κ3) is 5.29. The average molecular weight is 490 g/mol. The first-order valence-electron chi connectivity index (χ1n) is 13.0. The van der Waals surface area contributed by atoms with Gasteiger partial charge in [-0.1, -0.05) is 48.5 Å². The molecule has 2 aliphatic heterocycles. The van der Waals surface area contributed by atoms with Gasteiger partial charge in [0.25, 0.3) is 5.91 Å². The smallest absolute Gasteiger partial charge is 0.255 e. The second-order valence-electron chi connectivity index (χ2n) is 10.1. The second-order valence-corrected chi connectivity index (χ2v) is 10.1. The number of hydrogen-bond donors (Lipinski definition) is 2. The van der Waals surface area contributed by atoms with Crippen molar-refractivity contribution >= 4 is 17.7 Å². The maximum Gasteiger partial charge on any atom is 0.255 e. The summed E-state index contributed by atoms with van der Waals surface area (Å²) in [6.45, 7) is 4.39. The number of amides is 3.